The van der Waals surface area contributed by atoms with Crippen LogP contribution in [0.4, 0.5) is 0 Å². The zero-order chi connectivity index (χ0) is 13.7. The van der Waals surface area contributed by atoms with Crippen LogP contribution in [0.1, 0.15) is 12.8 Å². The van der Waals surface area contributed by atoms with Crippen LogP contribution in [0.2, 0.25) is 5.02 Å². The van der Waals surface area contributed by atoms with E-state index in [4.69, 9.17) is 16.3 Å². The van der Waals surface area contributed by atoms with Crippen molar-refractivity contribution in [3.63, 3.8) is 0 Å². The molecule has 0 amide bonds. The van der Waals surface area contributed by atoms with E-state index >= 15 is 0 Å². The molecular weight excluding hydrogens is 266 g/mol. The maximum atomic E-state index is 10.1. The molecule has 0 radical (unpaired) electrons. The summed E-state index contributed by atoms with van der Waals surface area (Å²) in [5.74, 6) is 0.791. The van der Waals surface area contributed by atoms with Crippen LogP contribution in [-0.2, 0) is 0 Å². The van der Waals surface area contributed by atoms with Crippen LogP contribution in [-0.4, -0.2) is 53.6 Å². The Hall–Kier alpha value is -0.810. The van der Waals surface area contributed by atoms with E-state index in [9.17, 15) is 10.2 Å². The van der Waals surface area contributed by atoms with Crippen LogP contribution < -0.4 is 4.74 Å². The van der Waals surface area contributed by atoms with E-state index in [0.717, 1.165) is 25.3 Å². The summed E-state index contributed by atoms with van der Waals surface area (Å²) in [5, 5.41) is 19.9. The standard InChI is InChI=1S/C14H20ClNO3/c15-12-2-4-13(5-3-12)19-9-8-16-7-1-6-14(18,10-16)11-17/h2-5,17-18H,1,6-11H2/t14-/m0/s1. The van der Waals surface area contributed by atoms with Gasteiger partial charge in [0, 0.05) is 18.1 Å². The summed E-state index contributed by atoms with van der Waals surface area (Å²) < 4.78 is 5.62. The molecule has 0 unspecified atom stereocenters. The molecule has 1 fully saturated rings. The van der Waals surface area contributed by atoms with Crippen molar-refractivity contribution in [2.75, 3.05) is 32.8 Å². The zero-order valence-corrected chi connectivity index (χ0v) is 11.6. The number of aliphatic hydroxyl groups is 2. The first-order valence-corrected chi connectivity index (χ1v) is 6.93. The van der Waals surface area contributed by atoms with Gasteiger partial charge < -0.3 is 14.9 Å². The smallest absolute Gasteiger partial charge is 0.119 e. The number of likely N-dealkylation sites (tertiary alicyclic amines) is 1. The van der Waals surface area contributed by atoms with Gasteiger partial charge in [-0.3, -0.25) is 4.90 Å². The van der Waals surface area contributed by atoms with E-state index < -0.39 is 5.60 Å². The van der Waals surface area contributed by atoms with E-state index in [2.05, 4.69) is 4.90 Å². The third-order valence-electron chi connectivity index (χ3n) is 3.42. The van der Waals surface area contributed by atoms with Crippen LogP contribution in [0.25, 0.3) is 0 Å². The molecule has 106 valence electrons. The molecule has 0 bridgehead atoms. The highest BCUT2D eigenvalue weighted by molar-refractivity contribution is 6.30. The first kappa shape index (κ1) is 14.6. The average molecular weight is 286 g/mol. The van der Waals surface area contributed by atoms with Crippen LogP contribution in [0.3, 0.4) is 0 Å². The average Bonchev–Trinajstić information content (AvgIpc) is 2.41. The predicted octanol–water partition coefficient (Wildman–Crippen LogP) is 1.54. The Morgan fingerprint density at radius 3 is 2.74 bits per heavy atom. The summed E-state index contributed by atoms with van der Waals surface area (Å²) in [6.45, 7) is 2.56. The van der Waals surface area contributed by atoms with Gasteiger partial charge in [-0.1, -0.05) is 11.6 Å². The van der Waals surface area contributed by atoms with Gasteiger partial charge in [0.2, 0.25) is 0 Å². The molecule has 1 aromatic carbocycles. The van der Waals surface area contributed by atoms with Gasteiger partial charge in [0.05, 0.1) is 6.61 Å². The SMILES string of the molecule is OC[C@]1(O)CCCN(CCOc2ccc(Cl)cc2)C1. The Bertz CT molecular complexity index is 398. The van der Waals surface area contributed by atoms with E-state index in [0.29, 0.717) is 24.6 Å². The molecule has 2 rings (SSSR count). The second-order valence-corrected chi connectivity index (χ2v) is 5.50. The Morgan fingerprint density at radius 1 is 1.32 bits per heavy atom. The first-order chi connectivity index (χ1) is 9.11. The van der Waals surface area contributed by atoms with E-state index in [1.165, 1.54) is 0 Å². The molecule has 0 saturated carbocycles. The molecule has 4 nitrogen and oxygen atoms in total. The van der Waals surface area contributed by atoms with Crippen molar-refractivity contribution in [1.82, 2.24) is 4.90 Å². The first-order valence-electron chi connectivity index (χ1n) is 6.55. The fourth-order valence-electron chi connectivity index (χ4n) is 2.35. The largest absolute Gasteiger partial charge is 0.492 e. The van der Waals surface area contributed by atoms with Crippen LogP contribution >= 0.6 is 11.6 Å². The molecule has 1 heterocycles. The summed E-state index contributed by atoms with van der Waals surface area (Å²) in [7, 11) is 0. The Kier molecular flexibility index (Phi) is 5.05. The quantitative estimate of drug-likeness (QED) is 0.862. The number of hydrogen-bond donors (Lipinski definition) is 2. The molecule has 1 atom stereocenters. The van der Waals surface area contributed by atoms with Crippen molar-refractivity contribution in [1.29, 1.82) is 0 Å². The number of hydrogen-bond acceptors (Lipinski definition) is 4. The lowest BCUT2D eigenvalue weighted by Crippen LogP contribution is -2.51. The highest BCUT2D eigenvalue weighted by Gasteiger charge is 2.32. The highest BCUT2D eigenvalue weighted by Crippen LogP contribution is 2.20. The number of ether oxygens (including phenoxy) is 1. The van der Waals surface area contributed by atoms with Crippen molar-refractivity contribution in [2.45, 2.75) is 18.4 Å². The lowest BCUT2D eigenvalue weighted by molar-refractivity contribution is -0.0683. The summed E-state index contributed by atoms with van der Waals surface area (Å²) in [5.41, 5.74) is -0.946. The van der Waals surface area contributed by atoms with Crippen LogP contribution in [0.5, 0.6) is 5.75 Å². The van der Waals surface area contributed by atoms with E-state index in [1.807, 2.05) is 12.1 Å². The highest BCUT2D eigenvalue weighted by atomic mass is 35.5. The lowest BCUT2D eigenvalue weighted by Gasteiger charge is -2.37. The number of benzene rings is 1. The summed E-state index contributed by atoms with van der Waals surface area (Å²) in [6, 6.07) is 7.26. The molecule has 19 heavy (non-hydrogen) atoms. The predicted molar refractivity (Wildman–Crippen MR) is 74.7 cm³/mol. The topological polar surface area (TPSA) is 52.9 Å². The minimum atomic E-state index is -0.946. The van der Waals surface area contributed by atoms with Gasteiger partial charge in [0.15, 0.2) is 0 Å². The summed E-state index contributed by atoms with van der Waals surface area (Å²) >= 11 is 5.80. The number of β-amino-alcohol motifs (C(OH)–C–C–N with tert-alkyl or cyclic N) is 1. The van der Waals surface area contributed by atoms with Crippen molar-refractivity contribution in [3.8, 4) is 5.75 Å². The third-order valence-corrected chi connectivity index (χ3v) is 3.67. The van der Waals surface area contributed by atoms with Gasteiger partial charge in [-0.2, -0.15) is 0 Å². The fraction of sp³-hybridized carbons (Fsp3) is 0.571. The normalized spacial score (nSPS) is 24.4. The van der Waals surface area contributed by atoms with Gasteiger partial charge in [-0.15, -0.1) is 0 Å². The monoisotopic (exact) mass is 285 g/mol. The Labute approximate surface area is 118 Å². The minimum Gasteiger partial charge on any atom is -0.492 e. The molecule has 1 aliphatic rings. The second-order valence-electron chi connectivity index (χ2n) is 5.06. The fourth-order valence-corrected chi connectivity index (χ4v) is 2.48. The van der Waals surface area contributed by atoms with Gasteiger partial charge in [0.1, 0.15) is 18.0 Å². The third kappa shape index (κ3) is 4.35. The van der Waals surface area contributed by atoms with Crippen molar-refractivity contribution in [2.24, 2.45) is 0 Å². The number of rotatable bonds is 5. The maximum absolute atomic E-state index is 10.1. The number of piperidine rings is 1. The van der Waals surface area contributed by atoms with E-state index in [1.54, 1.807) is 12.1 Å². The van der Waals surface area contributed by atoms with E-state index in [-0.39, 0.29) is 6.61 Å². The minimum absolute atomic E-state index is 0.179. The van der Waals surface area contributed by atoms with Crippen LogP contribution in [0.15, 0.2) is 24.3 Å². The van der Waals surface area contributed by atoms with Gasteiger partial charge in [-0.05, 0) is 43.7 Å². The molecular formula is C14H20ClNO3. The molecule has 1 aromatic rings. The van der Waals surface area contributed by atoms with Crippen LogP contribution in [0, 0.1) is 0 Å². The van der Waals surface area contributed by atoms with Gasteiger partial charge >= 0.3 is 0 Å². The van der Waals surface area contributed by atoms with Crippen molar-refractivity contribution in [3.05, 3.63) is 29.3 Å². The molecule has 2 N–H and O–H groups in total. The molecule has 0 aliphatic carbocycles. The number of halogens is 1. The summed E-state index contributed by atoms with van der Waals surface area (Å²) in [6.07, 6.45) is 1.57. The lowest BCUT2D eigenvalue weighted by atomic mass is 9.94. The molecule has 1 saturated heterocycles. The summed E-state index contributed by atoms with van der Waals surface area (Å²) in [4.78, 5) is 2.12. The van der Waals surface area contributed by atoms with Gasteiger partial charge in [-0.25, -0.2) is 0 Å². The van der Waals surface area contributed by atoms with Crippen molar-refractivity contribution >= 4 is 11.6 Å². The Balaban J connectivity index is 1.75. The van der Waals surface area contributed by atoms with Gasteiger partial charge in [0.25, 0.3) is 0 Å². The number of nitrogens with zero attached hydrogens (tertiary/aromatic N) is 1. The maximum Gasteiger partial charge on any atom is 0.119 e. The second kappa shape index (κ2) is 6.57. The molecule has 0 aromatic heterocycles. The molecule has 0 spiro atoms. The molecule has 5 heteroatoms. The number of aliphatic hydroxyl groups excluding tert-OH is 1. The zero-order valence-electron chi connectivity index (χ0n) is 10.9. The van der Waals surface area contributed by atoms with Crippen molar-refractivity contribution < 1.29 is 14.9 Å². The Morgan fingerprint density at radius 2 is 2.05 bits per heavy atom. The molecule has 1 aliphatic heterocycles.